The second-order valence-electron chi connectivity index (χ2n) is 4.25. The molecule has 0 aliphatic rings. The number of nitrogens with zero attached hydrogens (tertiary/aromatic N) is 4. The monoisotopic (exact) mass is 323 g/mol. The van der Waals surface area contributed by atoms with Gasteiger partial charge < -0.3 is 5.73 Å². The lowest BCUT2D eigenvalue weighted by atomic mass is 10.2. The molecule has 0 spiro atoms. The van der Waals surface area contributed by atoms with Crippen LogP contribution in [0.3, 0.4) is 0 Å². The van der Waals surface area contributed by atoms with Crippen molar-refractivity contribution in [3.8, 4) is 17.1 Å². The van der Waals surface area contributed by atoms with Crippen molar-refractivity contribution < 1.29 is 4.39 Å². The highest BCUT2D eigenvalue weighted by Crippen LogP contribution is 2.27. The second kappa shape index (κ2) is 5.31. The Balaban J connectivity index is 2.14. The van der Waals surface area contributed by atoms with Crippen LogP contribution in [0.5, 0.6) is 0 Å². The molecule has 0 radical (unpaired) electrons. The minimum Gasteiger partial charge on any atom is -0.398 e. The predicted octanol–water partition coefficient (Wildman–Crippen LogP) is 3.36. The Kier molecular flexibility index (Phi) is 3.48. The van der Waals surface area contributed by atoms with Crippen LogP contribution in [-0.2, 0) is 0 Å². The van der Waals surface area contributed by atoms with Crippen LogP contribution >= 0.6 is 23.2 Å². The first kappa shape index (κ1) is 13.8. The number of halogens is 3. The largest absolute Gasteiger partial charge is 0.398 e. The summed E-state index contributed by atoms with van der Waals surface area (Å²) < 4.78 is 15.3. The molecule has 5 nitrogen and oxygen atoms in total. The highest BCUT2D eigenvalue weighted by molar-refractivity contribution is 6.33. The van der Waals surface area contributed by atoms with E-state index in [4.69, 9.17) is 28.9 Å². The standard InChI is InChI=1S/C13H8Cl2FN5/c14-8-2-4-12(10(16)6-8)21-13(18-19-20-21)7-1-3-11(17)9(15)5-7/h1-6H,17H2. The van der Waals surface area contributed by atoms with E-state index in [0.717, 1.165) is 0 Å². The molecule has 0 unspecified atom stereocenters. The van der Waals surface area contributed by atoms with Crippen LogP contribution in [0.2, 0.25) is 10.0 Å². The molecule has 0 amide bonds. The van der Waals surface area contributed by atoms with Crippen molar-refractivity contribution in [2.75, 3.05) is 5.73 Å². The van der Waals surface area contributed by atoms with E-state index in [1.54, 1.807) is 24.3 Å². The zero-order valence-corrected chi connectivity index (χ0v) is 12.0. The lowest BCUT2D eigenvalue weighted by Gasteiger charge is -2.07. The van der Waals surface area contributed by atoms with Crippen molar-refractivity contribution in [2.24, 2.45) is 0 Å². The third-order valence-corrected chi connectivity index (χ3v) is 3.43. The molecule has 3 aromatic rings. The van der Waals surface area contributed by atoms with E-state index in [0.29, 0.717) is 27.1 Å². The first-order valence-electron chi connectivity index (χ1n) is 5.85. The fraction of sp³-hybridized carbons (Fsp3) is 0. The number of aromatic nitrogens is 4. The molecule has 2 N–H and O–H groups in total. The van der Waals surface area contributed by atoms with Gasteiger partial charge in [0.05, 0.1) is 10.7 Å². The highest BCUT2D eigenvalue weighted by atomic mass is 35.5. The summed E-state index contributed by atoms with van der Waals surface area (Å²) in [5.41, 5.74) is 6.92. The van der Waals surface area contributed by atoms with Crippen molar-refractivity contribution in [3.63, 3.8) is 0 Å². The first-order chi connectivity index (χ1) is 10.1. The molecule has 0 aliphatic heterocycles. The van der Waals surface area contributed by atoms with Crippen LogP contribution in [0.1, 0.15) is 0 Å². The molecule has 2 aromatic carbocycles. The fourth-order valence-electron chi connectivity index (χ4n) is 1.85. The molecule has 0 saturated heterocycles. The summed E-state index contributed by atoms with van der Waals surface area (Å²) in [4.78, 5) is 0. The van der Waals surface area contributed by atoms with Crippen molar-refractivity contribution in [2.45, 2.75) is 0 Å². The molecule has 0 atom stereocenters. The number of tetrazole rings is 1. The van der Waals surface area contributed by atoms with Crippen LogP contribution in [-0.4, -0.2) is 20.2 Å². The number of hydrogen-bond donors (Lipinski definition) is 1. The van der Waals surface area contributed by atoms with E-state index in [-0.39, 0.29) is 5.69 Å². The minimum absolute atomic E-state index is 0.187. The number of hydrogen-bond acceptors (Lipinski definition) is 4. The lowest BCUT2D eigenvalue weighted by molar-refractivity contribution is 0.608. The van der Waals surface area contributed by atoms with Crippen molar-refractivity contribution in [1.29, 1.82) is 0 Å². The Bertz CT molecular complexity index is 818. The molecule has 0 aliphatic carbocycles. The van der Waals surface area contributed by atoms with E-state index in [1.165, 1.54) is 16.8 Å². The molecule has 1 heterocycles. The van der Waals surface area contributed by atoms with Gasteiger partial charge in [0.1, 0.15) is 11.5 Å². The number of benzene rings is 2. The van der Waals surface area contributed by atoms with Gasteiger partial charge in [-0.3, -0.25) is 0 Å². The quantitative estimate of drug-likeness (QED) is 0.734. The summed E-state index contributed by atoms with van der Waals surface area (Å²) in [6.45, 7) is 0. The average Bonchev–Trinajstić information content (AvgIpc) is 2.91. The molecule has 106 valence electrons. The molecular formula is C13H8Cl2FN5. The Morgan fingerprint density at radius 2 is 1.90 bits per heavy atom. The van der Waals surface area contributed by atoms with Gasteiger partial charge in [-0.25, -0.2) is 4.39 Å². The van der Waals surface area contributed by atoms with E-state index < -0.39 is 5.82 Å². The average molecular weight is 324 g/mol. The summed E-state index contributed by atoms with van der Waals surface area (Å²) in [6.07, 6.45) is 0. The maximum atomic E-state index is 14.0. The van der Waals surface area contributed by atoms with Gasteiger partial charge in [0, 0.05) is 10.6 Å². The molecule has 0 fully saturated rings. The number of nitrogen functional groups attached to an aromatic ring is 1. The van der Waals surface area contributed by atoms with Gasteiger partial charge in [0.15, 0.2) is 5.82 Å². The summed E-state index contributed by atoms with van der Waals surface area (Å²) in [7, 11) is 0. The molecule has 0 bridgehead atoms. The van der Waals surface area contributed by atoms with Gasteiger partial charge in [0.25, 0.3) is 0 Å². The SMILES string of the molecule is Nc1ccc(-c2nnnn2-c2ccc(Cl)cc2F)cc1Cl. The van der Waals surface area contributed by atoms with E-state index in [1.807, 2.05) is 0 Å². The van der Waals surface area contributed by atoms with Crippen molar-refractivity contribution in [3.05, 3.63) is 52.3 Å². The Labute approximate surface area is 129 Å². The smallest absolute Gasteiger partial charge is 0.187 e. The van der Waals surface area contributed by atoms with Gasteiger partial charge in [-0.15, -0.1) is 5.10 Å². The van der Waals surface area contributed by atoms with Gasteiger partial charge in [-0.05, 0) is 46.8 Å². The van der Waals surface area contributed by atoms with E-state index >= 15 is 0 Å². The Hall–Kier alpha value is -2.18. The second-order valence-corrected chi connectivity index (χ2v) is 5.09. The zero-order chi connectivity index (χ0) is 15.0. The van der Waals surface area contributed by atoms with Crippen LogP contribution in [0.25, 0.3) is 17.1 Å². The molecule has 1 aromatic heterocycles. The van der Waals surface area contributed by atoms with Crippen molar-refractivity contribution >= 4 is 28.9 Å². The van der Waals surface area contributed by atoms with Crippen LogP contribution in [0.15, 0.2) is 36.4 Å². The lowest BCUT2D eigenvalue weighted by Crippen LogP contribution is -2.02. The van der Waals surface area contributed by atoms with Crippen LogP contribution in [0, 0.1) is 5.82 Å². The third-order valence-electron chi connectivity index (χ3n) is 2.87. The number of rotatable bonds is 2. The summed E-state index contributed by atoms with van der Waals surface area (Å²) in [5, 5.41) is 11.9. The van der Waals surface area contributed by atoms with Gasteiger partial charge in [0.2, 0.25) is 0 Å². The normalized spacial score (nSPS) is 10.8. The predicted molar refractivity (Wildman–Crippen MR) is 79.0 cm³/mol. The van der Waals surface area contributed by atoms with E-state index in [2.05, 4.69) is 15.5 Å². The molecule has 8 heteroatoms. The summed E-state index contributed by atoms with van der Waals surface area (Å²) in [6, 6.07) is 9.20. The van der Waals surface area contributed by atoms with Gasteiger partial charge in [-0.1, -0.05) is 23.2 Å². The minimum atomic E-state index is -0.530. The Morgan fingerprint density at radius 1 is 1.10 bits per heavy atom. The third kappa shape index (κ3) is 2.55. The molecule has 3 rings (SSSR count). The van der Waals surface area contributed by atoms with Gasteiger partial charge >= 0.3 is 0 Å². The first-order valence-corrected chi connectivity index (χ1v) is 6.61. The number of anilines is 1. The topological polar surface area (TPSA) is 69.6 Å². The maximum Gasteiger partial charge on any atom is 0.187 e. The van der Waals surface area contributed by atoms with E-state index in [9.17, 15) is 4.39 Å². The molecular weight excluding hydrogens is 316 g/mol. The van der Waals surface area contributed by atoms with Crippen LogP contribution < -0.4 is 5.73 Å². The highest BCUT2D eigenvalue weighted by Gasteiger charge is 2.15. The summed E-state index contributed by atoms with van der Waals surface area (Å²) in [5.74, 6) is -0.185. The molecule has 0 saturated carbocycles. The Morgan fingerprint density at radius 3 is 2.62 bits per heavy atom. The summed E-state index contributed by atoms with van der Waals surface area (Å²) >= 11 is 11.7. The maximum absolute atomic E-state index is 14.0. The van der Waals surface area contributed by atoms with Gasteiger partial charge in [-0.2, -0.15) is 4.68 Å². The van der Waals surface area contributed by atoms with Crippen molar-refractivity contribution in [1.82, 2.24) is 20.2 Å². The van der Waals surface area contributed by atoms with Crippen LogP contribution in [0.4, 0.5) is 10.1 Å². The zero-order valence-electron chi connectivity index (χ0n) is 10.5. The number of nitrogens with two attached hydrogens (primary N) is 1. The fourth-order valence-corrected chi connectivity index (χ4v) is 2.19. The molecule has 21 heavy (non-hydrogen) atoms.